The number of fused-ring (bicyclic) bond motifs is 2. The summed E-state index contributed by atoms with van der Waals surface area (Å²) in [5.74, 6) is -0.506. The summed E-state index contributed by atoms with van der Waals surface area (Å²) in [7, 11) is 0. The average molecular weight is 535 g/mol. The summed E-state index contributed by atoms with van der Waals surface area (Å²) in [6, 6.07) is 24.1. The smallest absolute Gasteiger partial charge is 0.240 e. The number of anilines is 1. The third-order valence-electron chi connectivity index (χ3n) is 5.24. The summed E-state index contributed by atoms with van der Waals surface area (Å²) >= 11 is 2.23. The van der Waals surface area contributed by atoms with Gasteiger partial charge in [-0.2, -0.15) is 5.10 Å². The second-order valence-electron chi connectivity index (χ2n) is 7.53. The zero-order valence-electron chi connectivity index (χ0n) is 17.6. The van der Waals surface area contributed by atoms with Gasteiger partial charge in [0, 0.05) is 27.7 Å². The first-order valence-corrected chi connectivity index (χ1v) is 11.4. The maximum atomic E-state index is 12.2. The molecule has 160 valence electrons. The third-order valence-corrected chi connectivity index (χ3v) is 5.91. The predicted molar refractivity (Wildman–Crippen MR) is 139 cm³/mol. The number of benzene rings is 4. The highest BCUT2D eigenvalue weighted by Crippen LogP contribution is 2.27. The Morgan fingerprint density at radius 2 is 1.50 bits per heavy atom. The zero-order chi connectivity index (χ0) is 22.5. The van der Waals surface area contributed by atoms with E-state index in [1.807, 2.05) is 61.5 Å². The molecule has 2 N–H and O–H groups in total. The number of carbonyl (C=O) groups excluding carboxylic acids is 2. The normalized spacial score (nSPS) is 11.2. The number of hydrazone groups is 1. The van der Waals surface area contributed by atoms with Crippen LogP contribution in [0.4, 0.5) is 5.69 Å². The van der Waals surface area contributed by atoms with Crippen molar-refractivity contribution in [2.75, 3.05) is 5.32 Å². The van der Waals surface area contributed by atoms with Crippen LogP contribution in [0.25, 0.3) is 21.5 Å². The van der Waals surface area contributed by atoms with Crippen LogP contribution in [0.2, 0.25) is 0 Å². The SMILES string of the molecule is Cc1cc(I)ccc1NC(=O)CCC(=O)NN=Cc1c2ccccc2cc2ccccc12. The molecule has 0 saturated carbocycles. The molecule has 5 nitrogen and oxygen atoms in total. The highest BCUT2D eigenvalue weighted by molar-refractivity contribution is 14.1. The van der Waals surface area contributed by atoms with Crippen molar-refractivity contribution in [3.8, 4) is 0 Å². The minimum Gasteiger partial charge on any atom is -0.326 e. The van der Waals surface area contributed by atoms with E-state index in [0.717, 1.165) is 41.9 Å². The summed E-state index contributed by atoms with van der Waals surface area (Å²) < 4.78 is 1.11. The minimum atomic E-state index is -0.305. The molecule has 4 aromatic carbocycles. The standard InChI is InChI=1S/C26H22IN3O2/c1-17-14-20(27)10-11-24(17)29-25(31)12-13-26(32)30-28-16-23-21-8-4-2-6-18(21)15-19-7-3-5-9-22(19)23/h2-11,14-16H,12-13H2,1H3,(H,29,31)(H,30,32). The van der Waals surface area contributed by atoms with Crippen molar-refractivity contribution in [1.29, 1.82) is 0 Å². The molecule has 0 aliphatic carbocycles. The lowest BCUT2D eigenvalue weighted by Crippen LogP contribution is -2.21. The van der Waals surface area contributed by atoms with Gasteiger partial charge < -0.3 is 5.32 Å². The molecule has 0 fully saturated rings. The number of aryl methyl sites for hydroxylation is 1. The Kier molecular flexibility index (Phi) is 6.80. The Morgan fingerprint density at radius 1 is 0.875 bits per heavy atom. The van der Waals surface area contributed by atoms with E-state index in [0.29, 0.717) is 0 Å². The van der Waals surface area contributed by atoms with Crippen molar-refractivity contribution < 1.29 is 9.59 Å². The van der Waals surface area contributed by atoms with Gasteiger partial charge in [-0.3, -0.25) is 9.59 Å². The molecule has 0 unspecified atom stereocenters. The fourth-order valence-electron chi connectivity index (χ4n) is 3.62. The fourth-order valence-corrected chi connectivity index (χ4v) is 4.27. The van der Waals surface area contributed by atoms with Gasteiger partial charge in [-0.05, 0) is 80.9 Å². The fraction of sp³-hybridized carbons (Fsp3) is 0.115. The molecule has 0 aliphatic heterocycles. The Balaban J connectivity index is 1.40. The number of halogens is 1. The first-order valence-electron chi connectivity index (χ1n) is 10.3. The van der Waals surface area contributed by atoms with E-state index >= 15 is 0 Å². The lowest BCUT2D eigenvalue weighted by Gasteiger charge is -2.09. The molecule has 0 spiro atoms. The molecule has 0 atom stereocenters. The van der Waals surface area contributed by atoms with E-state index in [-0.39, 0.29) is 24.7 Å². The van der Waals surface area contributed by atoms with Crippen molar-refractivity contribution in [2.45, 2.75) is 19.8 Å². The number of hydrogen-bond acceptors (Lipinski definition) is 3. The Hall–Kier alpha value is -3.26. The summed E-state index contributed by atoms with van der Waals surface area (Å²) in [6.07, 6.45) is 1.82. The van der Waals surface area contributed by atoms with Gasteiger partial charge in [-0.25, -0.2) is 5.43 Å². The van der Waals surface area contributed by atoms with Gasteiger partial charge in [0.2, 0.25) is 11.8 Å². The molecule has 4 rings (SSSR count). The number of amides is 2. The molecule has 2 amide bonds. The van der Waals surface area contributed by atoms with Crippen LogP contribution < -0.4 is 10.7 Å². The van der Waals surface area contributed by atoms with Gasteiger partial charge in [0.15, 0.2) is 0 Å². The maximum Gasteiger partial charge on any atom is 0.240 e. The largest absolute Gasteiger partial charge is 0.326 e. The lowest BCUT2D eigenvalue weighted by molar-refractivity contribution is -0.124. The summed E-state index contributed by atoms with van der Waals surface area (Å²) in [4.78, 5) is 24.4. The molecule has 0 aromatic heterocycles. The molecule has 4 aromatic rings. The van der Waals surface area contributed by atoms with E-state index in [2.05, 4.69) is 56.6 Å². The van der Waals surface area contributed by atoms with Crippen molar-refractivity contribution in [3.05, 3.63) is 87.5 Å². The molecule has 0 bridgehead atoms. The quantitative estimate of drug-likeness (QED) is 0.142. The number of carbonyl (C=O) groups is 2. The van der Waals surface area contributed by atoms with Crippen molar-refractivity contribution in [3.63, 3.8) is 0 Å². The monoisotopic (exact) mass is 535 g/mol. The van der Waals surface area contributed by atoms with E-state index in [1.165, 1.54) is 0 Å². The average Bonchev–Trinajstić information content (AvgIpc) is 2.79. The maximum absolute atomic E-state index is 12.2. The minimum absolute atomic E-state index is 0.0584. The summed E-state index contributed by atoms with van der Waals surface area (Å²) in [5.41, 5.74) is 5.25. The van der Waals surface area contributed by atoms with Crippen LogP contribution in [-0.2, 0) is 9.59 Å². The molecular formula is C26H22IN3O2. The van der Waals surface area contributed by atoms with Crippen LogP contribution in [0.5, 0.6) is 0 Å². The Labute approximate surface area is 200 Å². The molecule has 0 saturated heterocycles. The van der Waals surface area contributed by atoms with Crippen LogP contribution >= 0.6 is 22.6 Å². The van der Waals surface area contributed by atoms with Crippen LogP contribution in [0.1, 0.15) is 24.0 Å². The Bertz CT molecular complexity index is 1290. The predicted octanol–water partition coefficient (Wildman–Crippen LogP) is 5.78. The van der Waals surface area contributed by atoms with Crippen LogP contribution in [0.15, 0.2) is 77.9 Å². The third kappa shape index (κ3) is 5.13. The van der Waals surface area contributed by atoms with Gasteiger partial charge in [0.1, 0.15) is 0 Å². The van der Waals surface area contributed by atoms with Gasteiger partial charge in [0.25, 0.3) is 0 Å². The first kappa shape index (κ1) is 22.0. The molecular weight excluding hydrogens is 513 g/mol. The molecule has 6 heteroatoms. The van der Waals surface area contributed by atoms with Crippen molar-refractivity contribution >= 4 is 67.9 Å². The molecule has 32 heavy (non-hydrogen) atoms. The van der Waals surface area contributed by atoms with Gasteiger partial charge in [-0.15, -0.1) is 0 Å². The number of nitrogens with zero attached hydrogens (tertiary/aromatic N) is 1. The second-order valence-corrected chi connectivity index (χ2v) is 8.78. The number of hydrogen-bond donors (Lipinski definition) is 2. The van der Waals surface area contributed by atoms with Gasteiger partial charge >= 0.3 is 0 Å². The Morgan fingerprint density at radius 3 is 2.16 bits per heavy atom. The highest BCUT2D eigenvalue weighted by Gasteiger charge is 2.09. The molecule has 0 radical (unpaired) electrons. The van der Waals surface area contributed by atoms with Crippen LogP contribution in [0.3, 0.4) is 0 Å². The topological polar surface area (TPSA) is 70.6 Å². The first-order chi connectivity index (χ1) is 15.5. The summed E-state index contributed by atoms with van der Waals surface area (Å²) in [6.45, 7) is 1.94. The molecule has 0 heterocycles. The highest BCUT2D eigenvalue weighted by atomic mass is 127. The van der Waals surface area contributed by atoms with E-state index < -0.39 is 0 Å². The van der Waals surface area contributed by atoms with Crippen LogP contribution in [-0.4, -0.2) is 18.0 Å². The number of rotatable bonds is 6. The van der Waals surface area contributed by atoms with Crippen molar-refractivity contribution in [1.82, 2.24) is 5.43 Å². The number of nitrogens with one attached hydrogen (secondary N) is 2. The van der Waals surface area contributed by atoms with Crippen molar-refractivity contribution in [2.24, 2.45) is 5.10 Å². The van der Waals surface area contributed by atoms with Crippen LogP contribution in [0, 0.1) is 10.5 Å². The van der Waals surface area contributed by atoms with E-state index in [1.54, 1.807) is 6.21 Å². The second kappa shape index (κ2) is 9.91. The summed E-state index contributed by atoms with van der Waals surface area (Å²) in [5, 5.41) is 11.4. The van der Waals surface area contributed by atoms with Gasteiger partial charge in [-0.1, -0.05) is 48.5 Å². The van der Waals surface area contributed by atoms with Gasteiger partial charge in [0.05, 0.1) is 6.21 Å². The van der Waals surface area contributed by atoms with E-state index in [4.69, 9.17) is 0 Å². The lowest BCUT2D eigenvalue weighted by atomic mass is 9.97. The van der Waals surface area contributed by atoms with E-state index in [9.17, 15) is 9.59 Å². The molecule has 0 aliphatic rings. The zero-order valence-corrected chi connectivity index (χ0v) is 19.7.